The molecule has 0 aromatic carbocycles. The standard InChI is InChI=1S/C16H22N4O4/c21-14(10-20-6-7-23-16(20)22)19-5-1-2-11(9-19)8-13-17-15(18-24-13)12-3-4-12/h11-12H,1-10H2/t11-/m1/s1. The van der Waals surface area contributed by atoms with Crippen molar-refractivity contribution in [2.45, 2.75) is 38.0 Å². The molecule has 0 bridgehead atoms. The second-order valence-electron chi connectivity index (χ2n) is 6.91. The van der Waals surface area contributed by atoms with Crippen LogP contribution in [-0.2, 0) is 16.0 Å². The summed E-state index contributed by atoms with van der Waals surface area (Å²) < 4.78 is 10.2. The Hall–Kier alpha value is -2.12. The highest BCUT2D eigenvalue weighted by Gasteiger charge is 2.31. The van der Waals surface area contributed by atoms with Crippen LogP contribution in [0, 0.1) is 5.92 Å². The first-order valence-corrected chi connectivity index (χ1v) is 8.71. The van der Waals surface area contributed by atoms with Crippen LogP contribution >= 0.6 is 0 Å². The molecule has 8 nitrogen and oxygen atoms in total. The summed E-state index contributed by atoms with van der Waals surface area (Å²) >= 11 is 0. The first-order valence-electron chi connectivity index (χ1n) is 8.71. The van der Waals surface area contributed by atoms with Crippen LogP contribution in [0.4, 0.5) is 4.79 Å². The quantitative estimate of drug-likeness (QED) is 0.803. The van der Waals surface area contributed by atoms with Crippen molar-refractivity contribution in [3.63, 3.8) is 0 Å². The Bertz CT molecular complexity index is 627. The third-order valence-corrected chi connectivity index (χ3v) is 4.93. The lowest BCUT2D eigenvalue weighted by molar-refractivity contribution is -0.133. The fourth-order valence-corrected chi connectivity index (χ4v) is 3.40. The third-order valence-electron chi connectivity index (χ3n) is 4.93. The number of hydrogen-bond acceptors (Lipinski definition) is 6. The highest BCUT2D eigenvalue weighted by molar-refractivity contribution is 5.83. The normalized spacial score (nSPS) is 24.3. The third kappa shape index (κ3) is 3.37. The fraction of sp³-hybridized carbons (Fsp3) is 0.750. The van der Waals surface area contributed by atoms with E-state index in [1.54, 1.807) is 0 Å². The van der Waals surface area contributed by atoms with Crippen LogP contribution in [0.1, 0.15) is 43.3 Å². The van der Waals surface area contributed by atoms with E-state index in [0.717, 1.165) is 44.5 Å². The maximum absolute atomic E-state index is 12.4. The molecule has 130 valence electrons. The lowest BCUT2D eigenvalue weighted by Gasteiger charge is -2.33. The van der Waals surface area contributed by atoms with Crippen molar-refractivity contribution in [2.75, 3.05) is 32.8 Å². The van der Waals surface area contributed by atoms with Crippen LogP contribution in [0.15, 0.2) is 4.52 Å². The summed E-state index contributed by atoms with van der Waals surface area (Å²) in [5.74, 6) is 2.33. The smallest absolute Gasteiger partial charge is 0.410 e. The summed E-state index contributed by atoms with van der Waals surface area (Å²) in [6.07, 6.45) is 4.65. The van der Waals surface area contributed by atoms with E-state index in [2.05, 4.69) is 10.1 Å². The molecule has 0 N–H and O–H groups in total. The minimum Gasteiger partial charge on any atom is -0.448 e. The Kier molecular flexibility index (Phi) is 4.12. The molecule has 1 saturated carbocycles. The maximum atomic E-state index is 12.4. The predicted molar refractivity (Wildman–Crippen MR) is 82.2 cm³/mol. The van der Waals surface area contributed by atoms with Gasteiger partial charge in [-0.3, -0.25) is 9.69 Å². The molecule has 8 heteroatoms. The monoisotopic (exact) mass is 334 g/mol. The van der Waals surface area contributed by atoms with Crippen molar-refractivity contribution in [1.82, 2.24) is 19.9 Å². The Morgan fingerprint density at radius 2 is 2.12 bits per heavy atom. The molecule has 0 spiro atoms. The number of carbonyl (C=O) groups is 2. The van der Waals surface area contributed by atoms with Gasteiger partial charge in [0.05, 0.1) is 6.54 Å². The van der Waals surface area contributed by atoms with Gasteiger partial charge in [-0.1, -0.05) is 5.16 Å². The largest absolute Gasteiger partial charge is 0.448 e. The summed E-state index contributed by atoms with van der Waals surface area (Å²) in [6, 6.07) is 0. The van der Waals surface area contributed by atoms with Gasteiger partial charge in [0.25, 0.3) is 0 Å². The molecule has 1 aromatic heterocycles. The van der Waals surface area contributed by atoms with Crippen LogP contribution in [0.25, 0.3) is 0 Å². The van der Waals surface area contributed by atoms with E-state index in [1.165, 1.54) is 4.90 Å². The zero-order valence-corrected chi connectivity index (χ0v) is 13.6. The van der Waals surface area contributed by atoms with Crippen LogP contribution in [0.5, 0.6) is 0 Å². The number of carbonyl (C=O) groups excluding carboxylic acids is 2. The van der Waals surface area contributed by atoms with E-state index < -0.39 is 6.09 Å². The molecule has 1 aliphatic carbocycles. The molecule has 4 rings (SSSR count). The summed E-state index contributed by atoms with van der Waals surface area (Å²) in [5, 5.41) is 4.05. The molecule has 3 fully saturated rings. The van der Waals surface area contributed by atoms with E-state index in [-0.39, 0.29) is 12.5 Å². The van der Waals surface area contributed by atoms with Crippen LogP contribution in [0.2, 0.25) is 0 Å². The van der Waals surface area contributed by atoms with Gasteiger partial charge < -0.3 is 14.2 Å². The van der Waals surface area contributed by atoms with Crippen molar-refractivity contribution >= 4 is 12.0 Å². The summed E-state index contributed by atoms with van der Waals surface area (Å²) in [7, 11) is 0. The van der Waals surface area contributed by atoms with Gasteiger partial charge in [0.15, 0.2) is 5.82 Å². The number of amides is 2. The number of likely N-dealkylation sites (tertiary alicyclic amines) is 1. The van der Waals surface area contributed by atoms with Crippen LogP contribution in [0.3, 0.4) is 0 Å². The fourth-order valence-electron chi connectivity index (χ4n) is 3.40. The Morgan fingerprint density at radius 1 is 1.25 bits per heavy atom. The van der Waals surface area contributed by atoms with Gasteiger partial charge >= 0.3 is 6.09 Å². The Balaban J connectivity index is 1.31. The molecule has 0 unspecified atom stereocenters. The van der Waals surface area contributed by atoms with E-state index in [1.807, 2.05) is 4.90 Å². The molecule has 24 heavy (non-hydrogen) atoms. The molecular formula is C16H22N4O4. The van der Waals surface area contributed by atoms with E-state index in [0.29, 0.717) is 37.4 Å². The molecule has 2 amide bonds. The van der Waals surface area contributed by atoms with E-state index in [9.17, 15) is 9.59 Å². The van der Waals surface area contributed by atoms with Crippen molar-refractivity contribution in [2.24, 2.45) is 5.92 Å². The number of nitrogens with zero attached hydrogens (tertiary/aromatic N) is 4. The van der Waals surface area contributed by atoms with Crippen LogP contribution in [-0.4, -0.2) is 64.7 Å². The van der Waals surface area contributed by atoms with E-state index in [4.69, 9.17) is 9.26 Å². The molecule has 1 aromatic rings. The number of rotatable bonds is 5. The predicted octanol–water partition coefficient (Wildman–Crippen LogP) is 1.18. The summed E-state index contributed by atoms with van der Waals surface area (Å²) in [6.45, 7) is 2.40. The van der Waals surface area contributed by atoms with Gasteiger partial charge in [-0.05, 0) is 31.6 Å². The number of cyclic esters (lactones) is 1. The average molecular weight is 334 g/mol. The molecular weight excluding hydrogens is 312 g/mol. The van der Waals surface area contributed by atoms with Gasteiger partial charge in [0.1, 0.15) is 13.2 Å². The van der Waals surface area contributed by atoms with Gasteiger partial charge in [-0.25, -0.2) is 4.79 Å². The Morgan fingerprint density at radius 3 is 2.88 bits per heavy atom. The lowest BCUT2D eigenvalue weighted by Crippen LogP contribution is -2.45. The van der Waals surface area contributed by atoms with Crippen molar-refractivity contribution in [3.8, 4) is 0 Å². The minimum absolute atomic E-state index is 0.0113. The molecule has 3 heterocycles. The lowest BCUT2D eigenvalue weighted by atomic mass is 9.94. The van der Waals surface area contributed by atoms with Gasteiger partial charge in [-0.15, -0.1) is 0 Å². The zero-order chi connectivity index (χ0) is 16.5. The molecule has 1 atom stereocenters. The highest BCUT2D eigenvalue weighted by Crippen LogP contribution is 2.38. The second kappa shape index (κ2) is 6.41. The van der Waals surface area contributed by atoms with Crippen molar-refractivity contribution < 1.29 is 18.8 Å². The first kappa shape index (κ1) is 15.4. The molecule has 2 saturated heterocycles. The van der Waals surface area contributed by atoms with Crippen molar-refractivity contribution in [3.05, 3.63) is 11.7 Å². The van der Waals surface area contributed by atoms with Gasteiger partial charge in [0.2, 0.25) is 11.8 Å². The first-order chi connectivity index (χ1) is 11.7. The van der Waals surface area contributed by atoms with Crippen LogP contribution < -0.4 is 0 Å². The van der Waals surface area contributed by atoms with Crippen molar-refractivity contribution in [1.29, 1.82) is 0 Å². The summed E-state index contributed by atoms with van der Waals surface area (Å²) in [5.41, 5.74) is 0. The topological polar surface area (TPSA) is 88.8 Å². The second-order valence-corrected chi connectivity index (χ2v) is 6.91. The zero-order valence-electron chi connectivity index (χ0n) is 13.6. The summed E-state index contributed by atoms with van der Waals surface area (Å²) in [4.78, 5) is 31.7. The number of ether oxygens (including phenoxy) is 1. The number of piperidine rings is 1. The minimum atomic E-state index is -0.393. The van der Waals surface area contributed by atoms with Gasteiger partial charge in [-0.2, -0.15) is 4.98 Å². The van der Waals surface area contributed by atoms with Gasteiger partial charge in [0, 0.05) is 25.4 Å². The molecule has 0 radical (unpaired) electrons. The maximum Gasteiger partial charge on any atom is 0.410 e. The highest BCUT2D eigenvalue weighted by atomic mass is 16.6. The average Bonchev–Trinajstić information content (AvgIpc) is 3.21. The van der Waals surface area contributed by atoms with E-state index >= 15 is 0 Å². The molecule has 3 aliphatic rings. The number of aromatic nitrogens is 2. The Labute approximate surface area is 140 Å². The molecule has 2 aliphatic heterocycles. The SMILES string of the molecule is O=C(CN1CCOC1=O)N1CCC[C@H](Cc2nc(C3CC3)no2)C1. The number of hydrogen-bond donors (Lipinski definition) is 0.